The Kier molecular flexibility index (Phi) is 4.18. The summed E-state index contributed by atoms with van der Waals surface area (Å²) in [5, 5.41) is 9.29. The van der Waals surface area contributed by atoms with Gasteiger partial charge in [-0.15, -0.1) is 6.58 Å². The van der Waals surface area contributed by atoms with E-state index in [0.29, 0.717) is 5.75 Å². The van der Waals surface area contributed by atoms with Crippen LogP contribution in [0, 0.1) is 0 Å². The fourth-order valence-corrected chi connectivity index (χ4v) is 1.46. The first-order valence-corrected chi connectivity index (χ1v) is 4.92. The second kappa shape index (κ2) is 5.41. The maximum absolute atomic E-state index is 9.29. The van der Waals surface area contributed by atoms with Crippen LogP contribution in [0.15, 0.2) is 30.9 Å². The van der Waals surface area contributed by atoms with Crippen molar-refractivity contribution in [3.05, 3.63) is 36.4 Å². The van der Waals surface area contributed by atoms with Gasteiger partial charge in [0.1, 0.15) is 11.5 Å². The highest BCUT2D eigenvalue weighted by Gasteiger charge is 2.11. The minimum atomic E-state index is -0.0847. The summed E-state index contributed by atoms with van der Waals surface area (Å²) >= 11 is 0. The Morgan fingerprint density at radius 2 is 2.33 bits per heavy atom. The van der Waals surface area contributed by atoms with Crippen molar-refractivity contribution >= 4 is 0 Å². The van der Waals surface area contributed by atoms with Crippen molar-refractivity contribution in [1.82, 2.24) is 0 Å². The van der Waals surface area contributed by atoms with Crippen molar-refractivity contribution in [1.29, 1.82) is 0 Å². The normalized spacial score (nSPS) is 12.1. The molecule has 0 aromatic heterocycles. The van der Waals surface area contributed by atoms with Crippen molar-refractivity contribution in [3.63, 3.8) is 0 Å². The molecule has 0 saturated carbocycles. The van der Waals surface area contributed by atoms with E-state index in [1.807, 2.05) is 6.08 Å². The fourth-order valence-electron chi connectivity index (χ4n) is 1.46. The molecule has 15 heavy (non-hydrogen) atoms. The molecule has 3 heteroatoms. The van der Waals surface area contributed by atoms with E-state index in [2.05, 4.69) is 6.58 Å². The maximum Gasteiger partial charge on any atom is 0.127 e. The minimum Gasteiger partial charge on any atom is -0.508 e. The highest BCUT2D eigenvalue weighted by Crippen LogP contribution is 2.29. The molecule has 0 aliphatic heterocycles. The molecule has 82 valence electrons. The number of ether oxygens (including phenoxy) is 1. The van der Waals surface area contributed by atoms with Gasteiger partial charge in [-0.1, -0.05) is 12.1 Å². The standard InChI is InChI=1S/C12H17NO2/c1-3-4-5-11(13)10-7-6-9(14)8-12(10)15-2/h3,6-8,11,14H,1,4-5,13H2,2H3/t11-/m1/s1. The number of benzene rings is 1. The molecule has 1 aromatic rings. The molecule has 0 fully saturated rings. The van der Waals surface area contributed by atoms with E-state index in [1.54, 1.807) is 25.3 Å². The van der Waals surface area contributed by atoms with Crippen LogP contribution >= 0.6 is 0 Å². The highest BCUT2D eigenvalue weighted by molar-refractivity contribution is 5.41. The van der Waals surface area contributed by atoms with Gasteiger partial charge in [-0.25, -0.2) is 0 Å². The Morgan fingerprint density at radius 3 is 2.93 bits per heavy atom. The summed E-state index contributed by atoms with van der Waals surface area (Å²) in [5.41, 5.74) is 6.91. The first-order valence-electron chi connectivity index (χ1n) is 4.92. The van der Waals surface area contributed by atoms with Gasteiger partial charge in [0.05, 0.1) is 7.11 Å². The number of allylic oxidation sites excluding steroid dienone is 1. The third-order valence-corrected chi connectivity index (χ3v) is 2.30. The lowest BCUT2D eigenvalue weighted by Crippen LogP contribution is -2.11. The van der Waals surface area contributed by atoms with Crippen molar-refractivity contribution in [2.24, 2.45) is 5.73 Å². The SMILES string of the molecule is C=CCC[C@@H](N)c1ccc(O)cc1OC. The summed E-state index contributed by atoms with van der Waals surface area (Å²) in [6.45, 7) is 3.66. The first kappa shape index (κ1) is 11.6. The smallest absolute Gasteiger partial charge is 0.127 e. The molecule has 0 amide bonds. The highest BCUT2D eigenvalue weighted by atomic mass is 16.5. The van der Waals surface area contributed by atoms with Crippen molar-refractivity contribution in [2.45, 2.75) is 18.9 Å². The van der Waals surface area contributed by atoms with E-state index < -0.39 is 0 Å². The number of phenolic OH excluding ortho intramolecular Hbond substituents is 1. The fraction of sp³-hybridized carbons (Fsp3) is 0.333. The van der Waals surface area contributed by atoms with Gasteiger partial charge in [-0.3, -0.25) is 0 Å². The van der Waals surface area contributed by atoms with Crippen LogP contribution in [-0.4, -0.2) is 12.2 Å². The van der Waals surface area contributed by atoms with Crippen molar-refractivity contribution in [3.8, 4) is 11.5 Å². The van der Waals surface area contributed by atoms with Crippen LogP contribution in [0.25, 0.3) is 0 Å². The van der Waals surface area contributed by atoms with E-state index in [-0.39, 0.29) is 11.8 Å². The monoisotopic (exact) mass is 207 g/mol. The summed E-state index contributed by atoms with van der Waals surface area (Å²) in [6, 6.07) is 4.90. The van der Waals surface area contributed by atoms with Crippen LogP contribution in [-0.2, 0) is 0 Å². The second-order valence-corrected chi connectivity index (χ2v) is 3.40. The number of hydrogen-bond acceptors (Lipinski definition) is 3. The Balaban J connectivity index is 2.86. The molecule has 1 rings (SSSR count). The van der Waals surface area contributed by atoms with Crippen LogP contribution < -0.4 is 10.5 Å². The summed E-state index contributed by atoms with van der Waals surface area (Å²) in [6.07, 6.45) is 3.53. The van der Waals surface area contributed by atoms with E-state index in [4.69, 9.17) is 10.5 Å². The summed E-state index contributed by atoms with van der Waals surface area (Å²) in [5.74, 6) is 0.818. The lowest BCUT2D eigenvalue weighted by atomic mass is 10.0. The number of nitrogens with two attached hydrogens (primary N) is 1. The Hall–Kier alpha value is -1.48. The number of phenols is 1. The topological polar surface area (TPSA) is 55.5 Å². The Labute approximate surface area is 90.2 Å². The number of hydrogen-bond donors (Lipinski definition) is 2. The lowest BCUT2D eigenvalue weighted by molar-refractivity contribution is 0.397. The largest absolute Gasteiger partial charge is 0.508 e. The van der Waals surface area contributed by atoms with Crippen LogP contribution in [0.4, 0.5) is 0 Å². The summed E-state index contributed by atoms with van der Waals surface area (Å²) in [7, 11) is 1.57. The molecule has 1 atom stereocenters. The van der Waals surface area contributed by atoms with E-state index >= 15 is 0 Å². The zero-order valence-corrected chi connectivity index (χ0v) is 8.94. The first-order chi connectivity index (χ1) is 7.19. The van der Waals surface area contributed by atoms with Crippen LogP contribution in [0.3, 0.4) is 0 Å². The predicted molar refractivity (Wildman–Crippen MR) is 61.0 cm³/mol. The van der Waals surface area contributed by atoms with E-state index in [9.17, 15) is 5.11 Å². The van der Waals surface area contributed by atoms with Gasteiger partial charge in [0, 0.05) is 17.7 Å². The zero-order valence-electron chi connectivity index (χ0n) is 8.94. The van der Waals surface area contributed by atoms with Gasteiger partial charge in [0.2, 0.25) is 0 Å². The average molecular weight is 207 g/mol. The molecular formula is C12H17NO2. The summed E-state index contributed by atoms with van der Waals surface area (Å²) in [4.78, 5) is 0. The molecule has 0 aliphatic carbocycles. The van der Waals surface area contributed by atoms with Gasteiger partial charge in [-0.2, -0.15) is 0 Å². The molecule has 0 heterocycles. The molecule has 0 aliphatic rings. The van der Waals surface area contributed by atoms with Gasteiger partial charge in [-0.05, 0) is 18.9 Å². The van der Waals surface area contributed by atoms with E-state index in [0.717, 1.165) is 18.4 Å². The molecule has 0 radical (unpaired) electrons. The number of methoxy groups -OCH3 is 1. The van der Waals surface area contributed by atoms with Gasteiger partial charge in [0.15, 0.2) is 0 Å². The van der Waals surface area contributed by atoms with Crippen molar-refractivity contribution in [2.75, 3.05) is 7.11 Å². The van der Waals surface area contributed by atoms with Gasteiger partial charge >= 0.3 is 0 Å². The third kappa shape index (κ3) is 2.99. The lowest BCUT2D eigenvalue weighted by Gasteiger charge is -2.15. The van der Waals surface area contributed by atoms with Gasteiger partial charge in [0.25, 0.3) is 0 Å². The molecular weight excluding hydrogens is 190 g/mol. The molecule has 0 bridgehead atoms. The Bertz CT molecular complexity index is 336. The van der Waals surface area contributed by atoms with E-state index in [1.165, 1.54) is 0 Å². The average Bonchev–Trinajstić information content (AvgIpc) is 2.25. The third-order valence-electron chi connectivity index (χ3n) is 2.30. The van der Waals surface area contributed by atoms with Gasteiger partial charge < -0.3 is 15.6 Å². The molecule has 3 N–H and O–H groups in total. The second-order valence-electron chi connectivity index (χ2n) is 3.40. The van der Waals surface area contributed by atoms with Crippen molar-refractivity contribution < 1.29 is 9.84 Å². The Morgan fingerprint density at radius 1 is 1.60 bits per heavy atom. The zero-order chi connectivity index (χ0) is 11.3. The number of rotatable bonds is 5. The van der Waals surface area contributed by atoms with Crippen LogP contribution in [0.1, 0.15) is 24.4 Å². The molecule has 1 aromatic carbocycles. The molecule has 3 nitrogen and oxygen atoms in total. The number of aromatic hydroxyl groups is 1. The predicted octanol–water partition coefficient (Wildman–Crippen LogP) is 2.37. The van der Waals surface area contributed by atoms with Crippen LogP contribution in [0.5, 0.6) is 11.5 Å². The summed E-state index contributed by atoms with van der Waals surface area (Å²) < 4.78 is 5.16. The molecule has 0 spiro atoms. The molecule has 0 unspecified atom stereocenters. The minimum absolute atomic E-state index is 0.0847. The molecule has 0 saturated heterocycles. The quantitative estimate of drug-likeness (QED) is 0.729. The van der Waals surface area contributed by atoms with Crippen LogP contribution in [0.2, 0.25) is 0 Å². The maximum atomic E-state index is 9.29.